The molecule has 0 spiro atoms. The van der Waals surface area contributed by atoms with E-state index >= 15 is 0 Å². The van der Waals surface area contributed by atoms with Crippen LogP contribution in [0.1, 0.15) is 43.0 Å². The number of anilines is 1. The summed E-state index contributed by atoms with van der Waals surface area (Å²) in [5.41, 5.74) is 10.6. The van der Waals surface area contributed by atoms with E-state index in [4.69, 9.17) is 5.73 Å². The molecular weight excluding hydrogens is 342 g/mol. The molecule has 1 aromatic heterocycles. The summed E-state index contributed by atoms with van der Waals surface area (Å²) < 4.78 is 1.13. The van der Waals surface area contributed by atoms with Gasteiger partial charge in [-0.25, -0.2) is 4.98 Å². The van der Waals surface area contributed by atoms with Gasteiger partial charge in [0.25, 0.3) is 0 Å². The summed E-state index contributed by atoms with van der Waals surface area (Å²) >= 11 is 1.53. The van der Waals surface area contributed by atoms with E-state index in [2.05, 4.69) is 41.1 Å². The van der Waals surface area contributed by atoms with Crippen LogP contribution in [0.5, 0.6) is 0 Å². The molecule has 134 valence electrons. The third-order valence-corrected chi connectivity index (χ3v) is 6.17. The molecule has 26 heavy (non-hydrogen) atoms. The minimum atomic E-state index is 0.0675. The normalized spacial score (nSPS) is 17.2. The maximum atomic E-state index is 12.8. The molecular formula is C21H23N3OS. The van der Waals surface area contributed by atoms with E-state index in [0.29, 0.717) is 11.6 Å². The summed E-state index contributed by atoms with van der Waals surface area (Å²) in [4.78, 5) is 19.3. The Morgan fingerprint density at radius 2 is 1.96 bits per heavy atom. The summed E-state index contributed by atoms with van der Waals surface area (Å²) in [6.07, 6.45) is 2.30. The molecule has 2 atom stereocenters. The molecule has 0 bridgehead atoms. The smallest absolute Gasteiger partial charge is 0.223 e. The number of nitrogen functional groups attached to an aromatic ring is 1. The summed E-state index contributed by atoms with van der Waals surface area (Å²) in [6.45, 7) is 4.07. The number of carbonyl (C=O) groups is 1. The second-order valence-corrected chi connectivity index (χ2v) is 8.01. The largest absolute Gasteiger partial charge is 0.375 e. The molecule has 2 N–H and O–H groups in total. The van der Waals surface area contributed by atoms with Gasteiger partial charge in [-0.05, 0) is 48.6 Å². The van der Waals surface area contributed by atoms with E-state index < -0.39 is 0 Å². The number of hydrogen-bond donors (Lipinski definition) is 1. The van der Waals surface area contributed by atoms with Crippen molar-refractivity contribution in [3.8, 4) is 0 Å². The van der Waals surface area contributed by atoms with Gasteiger partial charge in [0.05, 0.1) is 16.3 Å². The molecule has 0 radical (unpaired) electrons. The average Bonchev–Trinajstić information content (AvgIpc) is 3.21. The molecule has 4 nitrogen and oxygen atoms in total. The highest BCUT2D eigenvalue weighted by molar-refractivity contribution is 7.22. The number of amides is 1. The van der Waals surface area contributed by atoms with Crippen LogP contribution in [-0.4, -0.2) is 21.8 Å². The number of nitrogens with zero attached hydrogens (tertiary/aromatic N) is 2. The number of carbonyl (C=O) groups excluding carboxylic acids is 1. The zero-order valence-corrected chi connectivity index (χ0v) is 15.9. The second-order valence-electron chi connectivity index (χ2n) is 6.94. The van der Waals surface area contributed by atoms with E-state index in [1.54, 1.807) is 0 Å². The fourth-order valence-electron chi connectivity index (χ4n) is 4.04. The van der Waals surface area contributed by atoms with Gasteiger partial charge < -0.3 is 10.6 Å². The molecule has 1 aliphatic rings. The first-order valence-corrected chi connectivity index (χ1v) is 9.92. The van der Waals surface area contributed by atoms with Crippen LogP contribution in [0.15, 0.2) is 42.5 Å². The highest BCUT2D eigenvalue weighted by atomic mass is 32.1. The summed E-state index contributed by atoms with van der Waals surface area (Å²) in [5.74, 6) is 0.211. The maximum Gasteiger partial charge on any atom is 0.223 e. The zero-order chi connectivity index (χ0) is 18.3. The maximum absolute atomic E-state index is 12.8. The Bertz CT molecular complexity index is 908. The molecule has 5 heteroatoms. The van der Waals surface area contributed by atoms with Crippen LogP contribution >= 0.6 is 11.3 Å². The van der Waals surface area contributed by atoms with Gasteiger partial charge in [0.2, 0.25) is 5.91 Å². The van der Waals surface area contributed by atoms with Gasteiger partial charge in [-0.2, -0.15) is 0 Å². The van der Waals surface area contributed by atoms with Crippen LogP contribution in [0.3, 0.4) is 0 Å². The standard InChI is InChI=1S/C21H23N3OS/c1-3-20(25)24(13(2)14-7-5-4-6-8-14)17-9-15-11-18-19(12-16(15)10-17)26-21(22)23-18/h4-8,11-13,17H,3,9-10H2,1-2H3,(H2,22,23). The lowest BCUT2D eigenvalue weighted by molar-refractivity contribution is -0.135. The third-order valence-electron chi connectivity index (χ3n) is 5.32. The van der Waals surface area contributed by atoms with Crippen LogP contribution in [-0.2, 0) is 17.6 Å². The molecule has 2 unspecified atom stereocenters. The Hall–Kier alpha value is -2.40. The van der Waals surface area contributed by atoms with Crippen molar-refractivity contribution >= 4 is 32.6 Å². The van der Waals surface area contributed by atoms with Crippen LogP contribution in [0, 0.1) is 0 Å². The van der Waals surface area contributed by atoms with E-state index in [1.807, 2.05) is 25.1 Å². The fourth-order valence-corrected chi connectivity index (χ4v) is 4.82. The first kappa shape index (κ1) is 17.0. The Morgan fingerprint density at radius 3 is 2.65 bits per heavy atom. The summed E-state index contributed by atoms with van der Waals surface area (Å²) in [7, 11) is 0. The monoisotopic (exact) mass is 365 g/mol. The van der Waals surface area contributed by atoms with E-state index in [0.717, 1.165) is 23.1 Å². The highest BCUT2D eigenvalue weighted by Gasteiger charge is 2.33. The number of fused-ring (bicyclic) bond motifs is 2. The molecule has 2 aromatic carbocycles. The lowest BCUT2D eigenvalue weighted by Crippen LogP contribution is -2.42. The average molecular weight is 366 g/mol. The van der Waals surface area contributed by atoms with Crippen molar-refractivity contribution in [2.24, 2.45) is 0 Å². The van der Waals surface area contributed by atoms with Crippen LogP contribution in [0.4, 0.5) is 5.13 Å². The highest BCUT2D eigenvalue weighted by Crippen LogP contribution is 2.35. The van der Waals surface area contributed by atoms with Crippen LogP contribution in [0.25, 0.3) is 10.2 Å². The van der Waals surface area contributed by atoms with Crippen LogP contribution in [0.2, 0.25) is 0 Å². The van der Waals surface area contributed by atoms with Gasteiger partial charge in [-0.3, -0.25) is 4.79 Å². The van der Waals surface area contributed by atoms with Gasteiger partial charge in [0.1, 0.15) is 0 Å². The topological polar surface area (TPSA) is 59.2 Å². The third kappa shape index (κ3) is 2.97. The van der Waals surface area contributed by atoms with E-state index in [9.17, 15) is 4.79 Å². The first-order chi connectivity index (χ1) is 12.6. The molecule has 1 heterocycles. The predicted octanol–water partition coefficient (Wildman–Crippen LogP) is 4.35. The number of rotatable bonds is 4. The van der Waals surface area contributed by atoms with Gasteiger partial charge in [-0.15, -0.1) is 0 Å². The van der Waals surface area contributed by atoms with Crippen molar-refractivity contribution in [2.45, 2.75) is 45.2 Å². The quantitative estimate of drug-likeness (QED) is 0.748. The lowest BCUT2D eigenvalue weighted by atomic mass is 10.0. The Morgan fingerprint density at radius 1 is 1.27 bits per heavy atom. The van der Waals surface area contributed by atoms with Gasteiger partial charge in [-0.1, -0.05) is 48.6 Å². The van der Waals surface area contributed by atoms with Crippen LogP contribution < -0.4 is 5.73 Å². The summed E-state index contributed by atoms with van der Waals surface area (Å²) in [5, 5.41) is 0.612. The van der Waals surface area contributed by atoms with Crippen molar-refractivity contribution in [2.75, 3.05) is 5.73 Å². The second kappa shape index (κ2) is 6.72. The number of aromatic nitrogens is 1. The van der Waals surface area contributed by atoms with Crippen molar-refractivity contribution in [3.05, 3.63) is 59.2 Å². The van der Waals surface area contributed by atoms with Crippen molar-refractivity contribution in [3.63, 3.8) is 0 Å². The van der Waals surface area contributed by atoms with Crippen molar-refractivity contribution in [1.82, 2.24) is 9.88 Å². The van der Waals surface area contributed by atoms with Gasteiger partial charge >= 0.3 is 0 Å². The molecule has 0 saturated carbocycles. The number of hydrogen-bond acceptors (Lipinski definition) is 4. The molecule has 4 rings (SSSR count). The van der Waals surface area contributed by atoms with Gasteiger partial charge in [0, 0.05) is 12.5 Å². The number of nitrogens with two attached hydrogens (primary N) is 1. The van der Waals surface area contributed by atoms with Crippen molar-refractivity contribution in [1.29, 1.82) is 0 Å². The van der Waals surface area contributed by atoms with Crippen molar-refractivity contribution < 1.29 is 4.79 Å². The fraction of sp³-hybridized carbons (Fsp3) is 0.333. The van der Waals surface area contributed by atoms with Gasteiger partial charge in [0.15, 0.2) is 5.13 Å². The minimum absolute atomic E-state index is 0.0675. The molecule has 0 aliphatic heterocycles. The number of benzene rings is 2. The number of thiazole rings is 1. The molecule has 0 saturated heterocycles. The SMILES string of the molecule is CCC(=O)N(C1Cc2cc3nc(N)sc3cc2C1)C(C)c1ccccc1. The molecule has 1 aliphatic carbocycles. The summed E-state index contributed by atoms with van der Waals surface area (Å²) in [6, 6.07) is 14.9. The predicted molar refractivity (Wildman–Crippen MR) is 107 cm³/mol. The molecule has 0 fully saturated rings. The minimum Gasteiger partial charge on any atom is -0.375 e. The Balaban J connectivity index is 1.65. The molecule has 1 amide bonds. The van der Waals surface area contributed by atoms with E-state index in [-0.39, 0.29) is 18.0 Å². The lowest BCUT2D eigenvalue weighted by Gasteiger charge is -2.35. The zero-order valence-electron chi connectivity index (χ0n) is 15.1. The first-order valence-electron chi connectivity index (χ1n) is 9.10. The van der Waals surface area contributed by atoms with E-state index in [1.165, 1.54) is 28.0 Å². The molecule has 3 aromatic rings. The Kier molecular flexibility index (Phi) is 4.41. The Labute approximate surface area is 157 Å².